The molecule has 0 fully saturated rings. The third-order valence-corrected chi connectivity index (χ3v) is 7.78. The molecule has 3 rings (SSSR count). The molecule has 0 aliphatic carbocycles. The molecular weight excluding hydrogens is 348 g/mol. The van der Waals surface area contributed by atoms with Crippen molar-refractivity contribution in [2.24, 2.45) is 5.92 Å². The van der Waals surface area contributed by atoms with E-state index in [0.29, 0.717) is 12.5 Å². The summed E-state index contributed by atoms with van der Waals surface area (Å²) in [6, 6.07) is 29.2. The second-order valence-corrected chi connectivity index (χ2v) is 10.0. The first-order valence-corrected chi connectivity index (χ1v) is 11.5. The minimum absolute atomic E-state index is 0.426. The zero-order valence-corrected chi connectivity index (χ0v) is 17.4. The van der Waals surface area contributed by atoms with Gasteiger partial charge in [-0.2, -0.15) is 0 Å². The highest BCUT2D eigenvalue weighted by atomic mass is 28.4. The Morgan fingerprint density at radius 3 is 1.89 bits per heavy atom. The van der Waals surface area contributed by atoms with Crippen LogP contribution in [-0.2, 0) is 10.8 Å². The van der Waals surface area contributed by atoms with Crippen LogP contribution in [0.3, 0.4) is 0 Å². The van der Waals surface area contributed by atoms with Crippen molar-refractivity contribution in [2.75, 3.05) is 6.61 Å². The van der Waals surface area contributed by atoms with Crippen LogP contribution in [0.2, 0.25) is 0 Å². The highest BCUT2D eigenvalue weighted by molar-refractivity contribution is 6.93. The lowest BCUT2D eigenvalue weighted by atomic mass is 10.2. The standard InChI is InChI=1S/C24H28O2Si/c1-4-21-12-11-13-22(18-21)26-27(25-19-20(2)3,23-14-7-5-8-15-23)24-16-9-6-10-17-24/h5-18,20H,4,19H2,1-3H3. The summed E-state index contributed by atoms with van der Waals surface area (Å²) in [5, 5.41) is 2.25. The predicted molar refractivity (Wildman–Crippen MR) is 115 cm³/mol. The number of aryl methyl sites for hydroxylation is 1. The van der Waals surface area contributed by atoms with Gasteiger partial charge in [0.05, 0.1) is 0 Å². The topological polar surface area (TPSA) is 18.5 Å². The molecule has 3 aromatic carbocycles. The molecule has 0 amide bonds. The lowest BCUT2D eigenvalue weighted by Crippen LogP contribution is -2.66. The molecule has 3 aromatic rings. The van der Waals surface area contributed by atoms with Gasteiger partial charge in [-0.15, -0.1) is 0 Å². The van der Waals surface area contributed by atoms with E-state index in [1.54, 1.807) is 0 Å². The van der Waals surface area contributed by atoms with Gasteiger partial charge in [-0.05, 0) is 30.0 Å². The van der Waals surface area contributed by atoms with Crippen molar-refractivity contribution in [3.63, 3.8) is 0 Å². The molecule has 0 bridgehead atoms. The van der Waals surface area contributed by atoms with E-state index in [0.717, 1.165) is 22.5 Å². The van der Waals surface area contributed by atoms with E-state index in [-0.39, 0.29) is 0 Å². The molecular formula is C24H28O2Si. The molecule has 0 aliphatic rings. The Morgan fingerprint density at radius 2 is 1.37 bits per heavy atom. The monoisotopic (exact) mass is 376 g/mol. The van der Waals surface area contributed by atoms with Crippen LogP contribution in [-0.4, -0.2) is 15.2 Å². The summed E-state index contributed by atoms with van der Waals surface area (Å²) in [4.78, 5) is 0. The first-order chi connectivity index (χ1) is 13.1. The molecule has 0 N–H and O–H groups in total. The smallest absolute Gasteiger partial charge is 0.468 e. The van der Waals surface area contributed by atoms with Crippen LogP contribution in [0.15, 0.2) is 84.9 Å². The molecule has 0 aromatic heterocycles. The summed E-state index contributed by atoms with van der Waals surface area (Å²) in [5.74, 6) is 1.30. The summed E-state index contributed by atoms with van der Waals surface area (Å²) in [6.07, 6.45) is 0.981. The van der Waals surface area contributed by atoms with Crippen LogP contribution in [0.4, 0.5) is 0 Å². The maximum atomic E-state index is 6.78. The maximum absolute atomic E-state index is 6.78. The van der Waals surface area contributed by atoms with Gasteiger partial charge in [0.2, 0.25) is 0 Å². The fraction of sp³-hybridized carbons (Fsp3) is 0.250. The van der Waals surface area contributed by atoms with Gasteiger partial charge in [-0.1, -0.05) is 93.6 Å². The number of hydrogen-bond acceptors (Lipinski definition) is 2. The van der Waals surface area contributed by atoms with Crippen molar-refractivity contribution in [1.29, 1.82) is 0 Å². The molecule has 0 saturated carbocycles. The Hall–Kier alpha value is -2.36. The van der Waals surface area contributed by atoms with E-state index in [1.165, 1.54) is 5.56 Å². The van der Waals surface area contributed by atoms with E-state index >= 15 is 0 Å². The van der Waals surface area contributed by atoms with Crippen LogP contribution >= 0.6 is 0 Å². The fourth-order valence-electron chi connectivity index (χ4n) is 3.07. The van der Waals surface area contributed by atoms with E-state index in [4.69, 9.17) is 8.85 Å². The Labute approximate surface area is 164 Å². The quantitative estimate of drug-likeness (QED) is 0.537. The third kappa shape index (κ3) is 4.68. The van der Waals surface area contributed by atoms with E-state index < -0.39 is 8.56 Å². The van der Waals surface area contributed by atoms with Crippen LogP contribution < -0.4 is 14.8 Å². The van der Waals surface area contributed by atoms with Crippen molar-refractivity contribution < 1.29 is 8.85 Å². The highest BCUT2D eigenvalue weighted by Gasteiger charge is 2.45. The first kappa shape index (κ1) is 19.4. The van der Waals surface area contributed by atoms with Crippen LogP contribution in [0.5, 0.6) is 5.75 Å². The van der Waals surface area contributed by atoms with Crippen molar-refractivity contribution in [3.05, 3.63) is 90.5 Å². The number of rotatable bonds is 8. The molecule has 0 atom stereocenters. The summed E-state index contributed by atoms with van der Waals surface area (Å²) < 4.78 is 13.4. The number of benzene rings is 3. The summed E-state index contributed by atoms with van der Waals surface area (Å²) in [6.45, 7) is 7.16. The summed E-state index contributed by atoms with van der Waals surface area (Å²) in [7, 11) is -2.89. The van der Waals surface area contributed by atoms with E-state index in [9.17, 15) is 0 Å². The van der Waals surface area contributed by atoms with Crippen molar-refractivity contribution in [3.8, 4) is 5.75 Å². The molecule has 3 heteroatoms. The second-order valence-electron chi connectivity index (χ2n) is 7.16. The maximum Gasteiger partial charge on any atom is 0.468 e. The van der Waals surface area contributed by atoms with Gasteiger partial charge in [0.25, 0.3) is 0 Å². The van der Waals surface area contributed by atoms with Gasteiger partial charge < -0.3 is 8.85 Å². The molecule has 0 saturated heterocycles. The van der Waals surface area contributed by atoms with Gasteiger partial charge in [-0.3, -0.25) is 0 Å². The average molecular weight is 377 g/mol. The molecule has 2 nitrogen and oxygen atoms in total. The minimum Gasteiger partial charge on any atom is -0.514 e. The van der Waals surface area contributed by atoms with Crippen molar-refractivity contribution in [1.82, 2.24) is 0 Å². The van der Waals surface area contributed by atoms with Crippen molar-refractivity contribution >= 4 is 18.9 Å². The van der Waals surface area contributed by atoms with E-state index in [2.05, 4.69) is 87.5 Å². The molecule has 27 heavy (non-hydrogen) atoms. The van der Waals surface area contributed by atoms with Gasteiger partial charge >= 0.3 is 8.56 Å². The van der Waals surface area contributed by atoms with Gasteiger partial charge in [0, 0.05) is 17.0 Å². The lowest BCUT2D eigenvalue weighted by molar-refractivity contribution is 0.226. The Balaban J connectivity index is 2.12. The first-order valence-electron chi connectivity index (χ1n) is 9.67. The average Bonchev–Trinajstić information content (AvgIpc) is 2.72. The largest absolute Gasteiger partial charge is 0.514 e. The molecule has 0 aliphatic heterocycles. The predicted octanol–water partition coefficient (Wildman–Crippen LogP) is 4.56. The van der Waals surface area contributed by atoms with Gasteiger partial charge in [0.15, 0.2) is 0 Å². The Kier molecular flexibility index (Phi) is 6.48. The Bertz CT molecular complexity index is 792. The van der Waals surface area contributed by atoms with Gasteiger partial charge in [-0.25, -0.2) is 0 Å². The number of hydrogen-bond donors (Lipinski definition) is 0. The molecule has 0 spiro atoms. The Morgan fingerprint density at radius 1 is 0.778 bits per heavy atom. The zero-order chi connectivity index (χ0) is 19.1. The van der Waals surface area contributed by atoms with Gasteiger partial charge in [0.1, 0.15) is 5.75 Å². The van der Waals surface area contributed by atoms with Crippen molar-refractivity contribution in [2.45, 2.75) is 27.2 Å². The molecule has 0 radical (unpaired) electrons. The second kappa shape index (κ2) is 9.02. The van der Waals surface area contributed by atoms with Crippen LogP contribution in [0, 0.1) is 5.92 Å². The highest BCUT2D eigenvalue weighted by Crippen LogP contribution is 2.20. The normalized spacial score (nSPS) is 11.6. The lowest BCUT2D eigenvalue weighted by Gasteiger charge is -2.32. The summed E-state index contributed by atoms with van der Waals surface area (Å²) in [5.41, 5.74) is 1.26. The molecule has 140 valence electrons. The summed E-state index contributed by atoms with van der Waals surface area (Å²) >= 11 is 0. The van der Waals surface area contributed by atoms with Crippen LogP contribution in [0.25, 0.3) is 0 Å². The third-order valence-electron chi connectivity index (χ3n) is 4.50. The minimum atomic E-state index is -2.89. The molecule has 0 heterocycles. The SMILES string of the molecule is CCc1cccc(O[Si](OCC(C)C)(c2ccccc2)c2ccccc2)c1. The molecule has 0 unspecified atom stereocenters. The zero-order valence-electron chi connectivity index (χ0n) is 16.4. The van der Waals surface area contributed by atoms with Crippen LogP contribution in [0.1, 0.15) is 26.3 Å². The van der Waals surface area contributed by atoms with E-state index in [1.807, 2.05) is 18.2 Å². The fourth-order valence-corrected chi connectivity index (χ4v) is 6.33.